The van der Waals surface area contributed by atoms with E-state index < -0.39 is 0 Å². The van der Waals surface area contributed by atoms with Gasteiger partial charge in [-0.25, -0.2) is 4.98 Å². The van der Waals surface area contributed by atoms with Gasteiger partial charge in [0.1, 0.15) is 0 Å². The highest BCUT2D eigenvalue weighted by molar-refractivity contribution is 5.34. The van der Waals surface area contributed by atoms with Crippen LogP contribution in [0.15, 0.2) is 36.8 Å². The molecule has 1 aromatic heterocycles. The summed E-state index contributed by atoms with van der Waals surface area (Å²) in [6, 6.07) is 8.36. The standard InChI is InChI=1S/C12H15N3/c1-10-2-4-12(5-3-10)15-8-11(6-7-13)14-9-15/h2-5,8-9H,6-7,13H2,1H3. The number of hydrogen-bond acceptors (Lipinski definition) is 2. The van der Waals surface area contributed by atoms with Crippen LogP contribution in [0.1, 0.15) is 11.3 Å². The molecule has 0 saturated carbocycles. The van der Waals surface area contributed by atoms with Gasteiger partial charge in [-0.3, -0.25) is 0 Å². The SMILES string of the molecule is Cc1ccc(-n2cnc(CCN)c2)cc1. The molecular weight excluding hydrogens is 186 g/mol. The summed E-state index contributed by atoms with van der Waals surface area (Å²) in [5, 5.41) is 0. The molecule has 0 saturated heterocycles. The number of nitrogens with two attached hydrogens (primary N) is 1. The monoisotopic (exact) mass is 201 g/mol. The van der Waals surface area contributed by atoms with Gasteiger partial charge < -0.3 is 10.3 Å². The molecule has 0 unspecified atom stereocenters. The summed E-state index contributed by atoms with van der Waals surface area (Å²) in [4.78, 5) is 4.29. The average molecular weight is 201 g/mol. The zero-order chi connectivity index (χ0) is 10.7. The maximum atomic E-state index is 5.48. The first-order valence-corrected chi connectivity index (χ1v) is 5.09. The largest absolute Gasteiger partial charge is 0.330 e. The minimum atomic E-state index is 0.644. The van der Waals surface area contributed by atoms with Gasteiger partial charge in [-0.2, -0.15) is 0 Å². The highest BCUT2D eigenvalue weighted by Gasteiger charge is 1.99. The van der Waals surface area contributed by atoms with Gasteiger partial charge in [0, 0.05) is 18.3 Å². The predicted molar refractivity (Wildman–Crippen MR) is 61.1 cm³/mol. The van der Waals surface area contributed by atoms with Crippen molar-refractivity contribution in [3.63, 3.8) is 0 Å². The lowest BCUT2D eigenvalue weighted by Gasteiger charge is -2.01. The maximum Gasteiger partial charge on any atom is 0.0995 e. The summed E-state index contributed by atoms with van der Waals surface area (Å²) >= 11 is 0. The summed E-state index contributed by atoms with van der Waals surface area (Å²) in [6.07, 6.45) is 4.69. The second-order valence-electron chi connectivity index (χ2n) is 3.65. The topological polar surface area (TPSA) is 43.8 Å². The molecule has 0 bridgehead atoms. The van der Waals surface area contributed by atoms with Crippen LogP contribution in [0.4, 0.5) is 0 Å². The fourth-order valence-corrected chi connectivity index (χ4v) is 1.50. The van der Waals surface area contributed by atoms with E-state index in [0.717, 1.165) is 17.8 Å². The van der Waals surface area contributed by atoms with Crippen LogP contribution in [0.5, 0.6) is 0 Å². The summed E-state index contributed by atoms with van der Waals surface area (Å²) in [6.45, 7) is 2.72. The number of nitrogens with zero attached hydrogens (tertiary/aromatic N) is 2. The molecule has 0 radical (unpaired) electrons. The highest BCUT2D eigenvalue weighted by Crippen LogP contribution is 2.10. The van der Waals surface area contributed by atoms with Crippen molar-refractivity contribution < 1.29 is 0 Å². The van der Waals surface area contributed by atoms with Crippen LogP contribution in [-0.4, -0.2) is 16.1 Å². The summed E-state index contributed by atoms with van der Waals surface area (Å²) in [5.41, 5.74) is 8.92. The van der Waals surface area contributed by atoms with Crippen LogP contribution in [0.2, 0.25) is 0 Å². The molecule has 0 aliphatic carbocycles. The molecule has 0 aliphatic rings. The molecule has 0 atom stereocenters. The fourth-order valence-electron chi connectivity index (χ4n) is 1.50. The number of imidazole rings is 1. The Balaban J connectivity index is 2.25. The van der Waals surface area contributed by atoms with Crippen LogP contribution in [0.25, 0.3) is 5.69 Å². The summed E-state index contributed by atoms with van der Waals surface area (Å²) < 4.78 is 2.02. The van der Waals surface area contributed by atoms with E-state index in [0.29, 0.717) is 6.54 Å². The molecule has 78 valence electrons. The van der Waals surface area contributed by atoms with E-state index in [-0.39, 0.29) is 0 Å². The predicted octanol–water partition coefficient (Wildman–Crippen LogP) is 1.68. The Kier molecular flexibility index (Phi) is 2.83. The quantitative estimate of drug-likeness (QED) is 0.821. The van der Waals surface area contributed by atoms with E-state index in [4.69, 9.17) is 5.73 Å². The van der Waals surface area contributed by atoms with E-state index >= 15 is 0 Å². The van der Waals surface area contributed by atoms with Crippen LogP contribution >= 0.6 is 0 Å². The van der Waals surface area contributed by atoms with Crippen molar-refractivity contribution >= 4 is 0 Å². The zero-order valence-corrected chi connectivity index (χ0v) is 8.85. The Morgan fingerprint density at radius 1 is 1.27 bits per heavy atom. The van der Waals surface area contributed by atoms with Gasteiger partial charge in [0.25, 0.3) is 0 Å². The zero-order valence-electron chi connectivity index (χ0n) is 8.85. The second-order valence-corrected chi connectivity index (χ2v) is 3.65. The van der Waals surface area contributed by atoms with E-state index in [1.807, 2.05) is 17.1 Å². The molecule has 15 heavy (non-hydrogen) atoms. The van der Waals surface area contributed by atoms with Crippen LogP contribution in [0.3, 0.4) is 0 Å². The van der Waals surface area contributed by atoms with Gasteiger partial charge in [0.2, 0.25) is 0 Å². The number of aryl methyl sites for hydroxylation is 1. The molecule has 0 aliphatic heterocycles. The van der Waals surface area contributed by atoms with Crippen molar-refractivity contribution in [3.8, 4) is 5.69 Å². The normalized spacial score (nSPS) is 10.5. The molecule has 3 nitrogen and oxygen atoms in total. The molecule has 3 heteroatoms. The molecule has 2 rings (SSSR count). The Morgan fingerprint density at radius 2 is 2.00 bits per heavy atom. The van der Waals surface area contributed by atoms with Gasteiger partial charge in [-0.05, 0) is 25.6 Å². The average Bonchev–Trinajstić information content (AvgIpc) is 2.68. The summed E-state index contributed by atoms with van der Waals surface area (Å²) in [5.74, 6) is 0. The number of benzene rings is 1. The van der Waals surface area contributed by atoms with Crippen LogP contribution in [0, 0.1) is 6.92 Å². The van der Waals surface area contributed by atoms with Crippen LogP contribution in [-0.2, 0) is 6.42 Å². The summed E-state index contributed by atoms with van der Waals surface area (Å²) in [7, 11) is 0. The minimum absolute atomic E-state index is 0.644. The Bertz CT molecular complexity index is 428. The Hall–Kier alpha value is -1.61. The van der Waals surface area contributed by atoms with E-state index in [9.17, 15) is 0 Å². The molecule has 1 aromatic carbocycles. The Morgan fingerprint density at radius 3 is 2.67 bits per heavy atom. The minimum Gasteiger partial charge on any atom is -0.330 e. The van der Waals surface area contributed by atoms with E-state index in [2.05, 4.69) is 36.2 Å². The molecule has 2 aromatic rings. The lowest BCUT2D eigenvalue weighted by atomic mass is 10.2. The van der Waals surface area contributed by atoms with Crippen molar-refractivity contribution in [1.82, 2.24) is 9.55 Å². The number of rotatable bonds is 3. The fraction of sp³-hybridized carbons (Fsp3) is 0.250. The third-order valence-corrected chi connectivity index (χ3v) is 2.37. The van der Waals surface area contributed by atoms with Gasteiger partial charge in [-0.15, -0.1) is 0 Å². The van der Waals surface area contributed by atoms with Crippen LogP contribution < -0.4 is 5.73 Å². The smallest absolute Gasteiger partial charge is 0.0995 e. The highest BCUT2D eigenvalue weighted by atomic mass is 15.0. The first-order valence-electron chi connectivity index (χ1n) is 5.09. The van der Waals surface area contributed by atoms with Gasteiger partial charge >= 0.3 is 0 Å². The van der Waals surface area contributed by atoms with Crippen molar-refractivity contribution in [3.05, 3.63) is 48.0 Å². The van der Waals surface area contributed by atoms with Crippen molar-refractivity contribution in [1.29, 1.82) is 0 Å². The molecule has 0 fully saturated rings. The number of aromatic nitrogens is 2. The van der Waals surface area contributed by atoms with Gasteiger partial charge in [0.05, 0.1) is 12.0 Å². The third kappa shape index (κ3) is 2.25. The molecule has 0 amide bonds. The maximum absolute atomic E-state index is 5.48. The van der Waals surface area contributed by atoms with Crippen molar-refractivity contribution in [2.24, 2.45) is 5.73 Å². The first-order chi connectivity index (χ1) is 7.29. The molecular formula is C12H15N3. The first kappa shape index (κ1) is 9.93. The van der Waals surface area contributed by atoms with E-state index in [1.54, 1.807) is 0 Å². The molecule has 0 spiro atoms. The Labute approximate surface area is 89.6 Å². The van der Waals surface area contributed by atoms with Crippen molar-refractivity contribution in [2.75, 3.05) is 6.54 Å². The lowest BCUT2D eigenvalue weighted by Crippen LogP contribution is -2.02. The molecule has 1 heterocycles. The number of hydrogen-bond donors (Lipinski definition) is 1. The third-order valence-electron chi connectivity index (χ3n) is 2.37. The molecule has 2 N–H and O–H groups in total. The van der Waals surface area contributed by atoms with Crippen molar-refractivity contribution in [2.45, 2.75) is 13.3 Å². The lowest BCUT2D eigenvalue weighted by molar-refractivity contribution is 0.934. The van der Waals surface area contributed by atoms with E-state index in [1.165, 1.54) is 5.56 Å². The second kappa shape index (κ2) is 4.28. The van der Waals surface area contributed by atoms with Gasteiger partial charge in [-0.1, -0.05) is 17.7 Å². The van der Waals surface area contributed by atoms with Gasteiger partial charge in [0.15, 0.2) is 0 Å².